The van der Waals surface area contributed by atoms with Crippen molar-refractivity contribution >= 4 is 0 Å². The highest BCUT2D eigenvalue weighted by Crippen LogP contribution is 2.31. The van der Waals surface area contributed by atoms with Crippen molar-refractivity contribution in [1.82, 2.24) is 0 Å². The van der Waals surface area contributed by atoms with E-state index in [0.717, 1.165) is 5.92 Å². The second-order valence-electron chi connectivity index (χ2n) is 6.06. The molecule has 0 radical (unpaired) electrons. The van der Waals surface area contributed by atoms with Gasteiger partial charge in [-0.15, -0.1) is 0 Å². The van der Waals surface area contributed by atoms with E-state index in [4.69, 9.17) is 5.73 Å². The van der Waals surface area contributed by atoms with Crippen LogP contribution in [0.3, 0.4) is 0 Å². The Labute approximate surface area is 112 Å². The minimum absolute atomic E-state index is 0.230. The molecule has 0 aromatic heterocycles. The van der Waals surface area contributed by atoms with Crippen molar-refractivity contribution < 1.29 is 0 Å². The van der Waals surface area contributed by atoms with Gasteiger partial charge in [-0.05, 0) is 37.3 Å². The average molecular weight is 245 g/mol. The standard InChI is InChI=1S/C17H27N/c1-13-9-10-16(14(2)11-13)17(18)12-15-7-5-3-4-6-8-15/h9-11,15,17H,3-8,12,18H2,1-2H3. The van der Waals surface area contributed by atoms with Gasteiger partial charge in [-0.2, -0.15) is 0 Å². The second-order valence-corrected chi connectivity index (χ2v) is 6.06. The zero-order chi connectivity index (χ0) is 13.0. The zero-order valence-electron chi connectivity index (χ0n) is 11.9. The molecule has 1 atom stereocenters. The fraction of sp³-hybridized carbons (Fsp3) is 0.647. The number of hydrogen-bond donors (Lipinski definition) is 1. The highest BCUT2D eigenvalue weighted by molar-refractivity contribution is 5.32. The summed E-state index contributed by atoms with van der Waals surface area (Å²) in [4.78, 5) is 0. The van der Waals surface area contributed by atoms with Crippen molar-refractivity contribution in [3.05, 3.63) is 34.9 Å². The first-order chi connectivity index (χ1) is 8.66. The number of nitrogens with two attached hydrogens (primary N) is 1. The van der Waals surface area contributed by atoms with Gasteiger partial charge in [0, 0.05) is 6.04 Å². The van der Waals surface area contributed by atoms with Crippen LogP contribution in [0.25, 0.3) is 0 Å². The number of aryl methyl sites for hydroxylation is 2. The molecule has 1 unspecified atom stereocenters. The first kappa shape index (κ1) is 13.6. The molecule has 1 nitrogen and oxygen atoms in total. The predicted octanol–water partition coefficient (Wildman–Crippen LogP) is 4.66. The molecule has 1 aromatic rings. The molecule has 1 aliphatic carbocycles. The molecule has 0 bridgehead atoms. The summed E-state index contributed by atoms with van der Waals surface area (Å²) in [5, 5.41) is 0. The van der Waals surface area contributed by atoms with E-state index < -0.39 is 0 Å². The van der Waals surface area contributed by atoms with E-state index in [1.165, 1.54) is 61.6 Å². The number of benzene rings is 1. The average Bonchev–Trinajstić information content (AvgIpc) is 2.57. The van der Waals surface area contributed by atoms with Crippen LogP contribution in [0.2, 0.25) is 0 Å². The summed E-state index contributed by atoms with van der Waals surface area (Å²) in [6.07, 6.45) is 9.61. The molecule has 1 heteroatoms. The van der Waals surface area contributed by atoms with Crippen LogP contribution in [0.15, 0.2) is 18.2 Å². The van der Waals surface area contributed by atoms with Crippen molar-refractivity contribution in [2.24, 2.45) is 11.7 Å². The van der Waals surface area contributed by atoms with Gasteiger partial charge in [0.25, 0.3) is 0 Å². The van der Waals surface area contributed by atoms with Crippen LogP contribution in [-0.2, 0) is 0 Å². The molecule has 2 rings (SSSR count). The lowest BCUT2D eigenvalue weighted by molar-refractivity contribution is 0.392. The highest BCUT2D eigenvalue weighted by Gasteiger charge is 2.17. The van der Waals surface area contributed by atoms with Gasteiger partial charge in [0.1, 0.15) is 0 Å². The molecule has 0 heterocycles. The maximum Gasteiger partial charge on any atom is 0.0300 e. The van der Waals surface area contributed by atoms with Gasteiger partial charge in [0.05, 0.1) is 0 Å². The summed E-state index contributed by atoms with van der Waals surface area (Å²) in [5.74, 6) is 0.850. The summed E-state index contributed by atoms with van der Waals surface area (Å²) < 4.78 is 0. The van der Waals surface area contributed by atoms with Crippen LogP contribution in [0.5, 0.6) is 0 Å². The molecule has 2 N–H and O–H groups in total. The first-order valence-corrected chi connectivity index (χ1v) is 7.49. The van der Waals surface area contributed by atoms with Crippen molar-refractivity contribution in [2.75, 3.05) is 0 Å². The van der Waals surface area contributed by atoms with Gasteiger partial charge in [-0.3, -0.25) is 0 Å². The van der Waals surface area contributed by atoms with Gasteiger partial charge in [0.15, 0.2) is 0 Å². The maximum absolute atomic E-state index is 6.43. The van der Waals surface area contributed by atoms with Crippen molar-refractivity contribution in [1.29, 1.82) is 0 Å². The molecule has 1 saturated carbocycles. The minimum atomic E-state index is 0.230. The van der Waals surface area contributed by atoms with E-state index in [0.29, 0.717) is 0 Å². The summed E-state index contributed by atoms with van der Waals surface area (Å²) in [6, 6.07) is 6.90. The molecule has 0 aliphatic heterocycles. The highest BCUT2D eigenvalue weighted by atomic mass is 14.6. The molecular weight excluding hydrogens is 218 g/mol. The Bertz CT molecular complexity index is 375. The molecule has 1 aliphatic rings. The monoisotopic (exact) mass is 245 g/mol. The third-order valence-electron chi connectivity index (χ3n) is 4.39. The van der Waals surface area contributed by atoms with Gasteiger partial charge in [-0.25, -0.2) is 0 Å². The Morgan fingerprint density at radius 3 is 2.39 bits per heavy atom. The Kier molecular flexibility index (Phi) is 4.82. The molecule has 0 spiro atoms. The smallest absolute Gasteiger partial charge is 0.0300 e. The number of rotatable bonds is 3. The van der Waals surface area contributed by atoms with Crippen LogP contribution in [0, 0.1) is 19.8 Å². The van der Waals surface area contributed by atoms with Gasteiger partial charge in [0.2, 0.25) is 0 Å². The predicted molar refractivity (Wildman–Crippen MR) is 78.7 cm³/mol. The van der Waals surface area contributed by atoms with Crippen molar-refractivity contribution in [3.8, 4) is 0 Å². The van der Waals surface area contributed by atoms with Crippen molar-refractivity contribution in [2.45, 2.75) is 64.8 Å². The topological polar surface area (TPSA) is 26.0 Å². The zero-order valence-corrected chi connectivity index (χ0v) is 11.9. The first-order valence-electron chi connectivity index (χ1n) is 7.49. The normalized spacial score (nSPS) is 19.5. The van der Waals surface area contributed by atoms with E-state index >= 15 is 0 Å². The Morgan fingerprint density at radius 1 is 1.11 bits per heavy atom. The molecule has 0 saturated heterocycles. The maximum atomic E-state index is 6.43. The molecule has 100 valence electrons. The Morgan fingerprint density at radius 2 is 1.78 bits per heavy atom. The molecule has 0 amide bonds. The van der Waals surface area contributed by atoms with E-state index in [-0.39, 0.29) is 6.04 Å². The van der Waals surface area contributed by atoms with Gasteiger partial charge in [-0.1, -0.05) is 62.3 Å². The second kappa shape index (κ2) is 6.38. The summed E-state index contributed by atoms with van der Waals surface area (Å²) >= 11 is 0. The summed E-state index contributed by atoms with van der Waals surface area (Å²) in [7, 11) is 0. The van der Waals surface area contributed by atoms with E-state index in [9.17, 15) is 0 Å². The van der Waals surface area contributed by atoms with E-state index in [1.54, 1.807) is 0 Å². The van der Waals surface area contributed by atoms with E-state index in [2.05, 4.69) is 32.0 Å². The molecular formula is C17H27N. The molecule has 1 aromatic carbocycles. The van der Waals surface area contributed by atoms with Crippen LogP contribution in [0.4, 0.5) is 0 Å². The summed E-state index contributed by atoms with van der Waals surface area (Å²) in [6.45, 7) is 4.34. The minimum Gasteiger partial charge on any atom is -0.324 e. The lowest BCUT2D eigenvalue weighted by Crippen LogP contribution is -2.16. The van der Waals surface area contributed by atoms with Crippen LogP contribution < -0.4 is 5.73 Å². The Balaban J connectivity index is 1.99. The number of hydrogen-bond acceptors (Lipinski definition) is 1. The molecule has 1 fully saturated rings. The van der Waals surface area contributed by atoms with Crippen LogP contribution in [-0.4, -0.2) is 0 Å². The lowest BCUT2D eigenvalue weighted by atomic mass is 9.88. The lowest BCUT2D eigenvalue weighted by Gasteiger charge is -2.21. The summed E-state index contributed by atoms with van der Waals surface area (Å²) in [5.41, 5.74) is 10.5. The van der Waals surface area contributed by atoms with Crippen LogP contribution >= 0.6 is 0 Å². The fourth-order valence-electron chi connectivity index (χ4n) is 3.33. The largest absolute Gasteiger partial charge is 0.324 e. The van der Waals surface area contributed by atoms with Gasteiger partial charge >= 0.3 is 0 Å². The quantitative estimate of drug-likeness (QED) is 0.770. The molecule has 18 heavy (non-hydrogen) atoms. The van der Waals surface area contributed by atoms with Crippen molar-refractivity contribution in [3.63, 3.8) is 0 Å². The third-order valence-corrected chi connectivity index (χ3v) is 4.39. The SMILES string of the molecule is Cc1ccc(C(N)CC2CCCCCC2)c(C)c1. The Hall–Kier alpha value is -0.820. The third kappa shape index (κ3) is 3.58. The van der Waals surface area contributed by atoms with E-state index in [1.807, 2.05) is 0 Å². The fourth-order valence-corrected chi connectivity index (χ4v) is 3.33. The van der Waals surface area contributed by atoms with Gasteiger partial charge < -0.3 is 5.73 Å². The van der Waals surface area contributed by atoms with Crippen LogP contribution in [0.1, 0.15) is 67.7 Å².